The van der Waals surface area contributed by atoms with E-state index in [1.807, 2.05) is 48.5 Å². The van der Waals surface area contributed by atoms with Gasteiger partial charge in [0, 0.05) is 17.4 Å². The molecule has 0 atom stereocenters. The van der Waals surface area contributed by atoms with E-state index in [9.17, 15) is 4.79 Å². The Bertz CT molecular complexity index is 1130. The fourth-order valence-corrected chi connectivity index (χ4v) is 4.59. The molecule has 0 bridgehead atoms. The lowest BCUT2D eigenvalue weighted by Gasteiger charge is -2.22. The number of urea groups is 1. The number of carbonyl (C=O) groups is 1. The van der Waals surface area contributed by atoms with Crippen molar-refractivity contribution < 1.29 is 14.3 Å². The summed E-state index contributed by atoms with van der Waals surface area (Å²) in [5, 5.41) is 5.72. The van der Waals surface area contributed by atoms with E-state index in [0.717, 1.165) is 30.3 Å². The molecule has 0 aliphatic heterocycles. The molecule has 4 rings (SSSR count). The van der Waals surface area contributed by atoms with Crippen LogP contribution in [0.4, 0.5) is 16.2 Å². The van der Waals surface area contributed by atoms with Gasteiger partial charge in [-0.3, -0.25) is 0 Å². The Labute approximate surface area is 214 Å². The standard InChI is InChI=1S/C30H37N3O3/c1-30(2,3)25-12-7-8-14-27(25)36-28-26(13-9-20-31-28)33-29(34)32-23-15-17-24(18-16-23)35-21-19-22-10-5-4-6-11-22/h7-9,12-18,20,22H,4-6,10-11,19,21H2,1-3H3,(H2,32,33,34). The molecule has 2 aromatic carbocycles. The number of para-hydroxylation sites is 1. The highest BCUT2D eigenvalue weighted by atomic mass is 16.5. The fraction of sp³-hybridized carbons (Fsp3) is 0.400. The molecule has 1 aliphatic carbocycles. The summed E-state index contributed by atoms with van der Waals surface area (Å²) in [4.78, 5) is 17.1. The maximum Gasteiger partial charge on any atom is 0.323 e. The van der Waals surface area contributed by atoms with Crippen LogP contribution in [0.15, 0.2) is 66.9 Å². The van der Waals surface area contributed by atoms with Gasteiger partial charge in [-0.2, -0.15) is 0 Å². The van der Waals surface area contributed by atoms with Gasteiger partial charge in [0.15, 0.2) is 0 Å². The molecule has 1 heterocycles. The first-order chi connectivity index (χ1) is 17.4. The number of pyridine rings is 1. The fourth-order valence-electron chi connectivity index (χ4n) is 4.59. The van der Waals surface area contributed by atoms with Crippen molar-refractivity contribution in [3.8, 4) is 17.4 Å². The van der Waals surface area contributed by atoms with E-state index in [1.165, 1.54) is 32.1 Å². The van der Waals surface area contributed by atoms with Gasteiger partial charge in [0.05, 0.1) is 6.61 Å². The number of anilines is 2. The van der Waals surface area contributed by atoms with Gasteiger partial charge in [0.1, 0.15) is 17.2 Å². The van der Waals surface area contributed by atoms with Gasteiger partial charge in [0.25, 0.3) is 0 Å². The molecule has 0 radical (unpaired) electrons. The number of ether oxygens (including phenoxy) is 2. The van der Waals surface area contributed by atoms with Crippen molar-refractivity contribution in [2.75, 3.05) is 17.2 Å². The first-order valence-electron chi connectivity index (χ1n) is 12.9. The molecule has 2 amide bonds. The monoisotopic (exact) mass is 487 g/mol. The SMILES string of the molecule is CC(C)(C)c1ccccc1Oc1ncccc1NC(=O)Nc1ccc(OCCC2CCCCC2)cc1. The van der Waals surface area contributed by atoms with Crippen LogP contribution in [0.2, 0.25) is 0 Å². The number of rotatable bonds is 8. The molecule has 190 valence electrons. The highest BCUT2D eigenvalue weighted by Gasteiger charge is 2.20. The van der Waals surface area contributed by atoms with Crippen molar-refractivity contribution in [2.45, 2.75) is 64.7 Å². The van der Waals surface area contributed by atoms with E-state index in [1.54, 1.807) is 18.3 Å². The summed E-state index contributed by atoms with van der Waals surface area (Å²) >= 11 is 0. The molecule has 1 saturated carbocycles. The van der Waals surface area contributed by atoms with Crippen LogP contribution in [-0.4, -0.2) is 17.6 Å². The molecule has 0 saturated heterocycles. The van der Waals surface area contributed by atoms with Gasteiger partial charge in [-0.15, -0.1) is 0 Å². The lowest BCUT2D eigenvalue weighted by molar-refractivity contribution is 0.246. The minimum Gasteiger partial charge on any atom is -0.494 e. The number of nitrogens with zero attached hydrogens (tertiary/aromatic N) is 1. The number of aromatic nitrogens is 1. The smallest absolute Gasteiger partial charge is 0.323 e. The third kappa shape index (κ3) is 7.23. The third-order valence-corrected chi connectivity index (χ3v) is 6.55. The molecular formula is C30H37N3O3. The van der Waals surface area contributed by atoms with Crippen LogP contribution in [0.3, 0.4) is 0 Å². The molecule has 1 fully saturated rings. The molecule has 1 aliphatic rings. The summed E-state index contributed by atoms with van der Waals surface area (Å²) in [5.41, 5.74) is 2.13. The summed E-state index contributed by atoms with van der Waals surface area (Å²) < 4.78 is 12.1. The van der Waals surface area contributed by atoms with Crippen molar-refractivity contribution >= 4 is 17.4 Å². The first kappa shape index (κ1) is 25.5. The number of benzene rings is 2. The minimum absolute atomic E-state index is 0.0951. The number of amides is 2. The van der Waals surface area contributed by atoms with Gasteiger partial charge >= 0.3 is 6.03 Å². The van der Waals surface area contributed by atoms with Crippen LogP contribution < -0.4 is 20.1 Å². The van der Waals surface area contributed by atoms with E-state index < -0.39 is 0 Å². The molecule has 6 nitrogen and oxygen atoms in total. The molecule has 1 aromatic heterocycles. The van der Waals surface area contributed by atoms with Gasteiger partial charge in [-0.1, -0.05) is 71.1 Å². The third-order valence-electron chi connectivity index (χ3n) is 6.55. The second kappa shape index (κ2) is 11.9. The van der Waals surface area contributed by atoms with Gasteiger partial charge < -0.3 is 20.1 Å². The topological polar surface area (TPSA) is 72.5 Å². The van der Waals surface area contributed by atoms with E-state index in [0.29, 0.717) is 23.0 Å². The van der Waals surface area contributed by atoms with Crippen LogP contribution in [0.25, 0.3) is 0 Å². The van der Waals surface area contributed by atoms with Crippen LogP contribution in [0, 0.1) is 5.92 Å². The Morgan fingerprint density at radius 3 is 2.44 bits per heavy atom. The Morgan fingerprint density at radius 1 is 0.944 bits per heavy atom. The Balaban J connectivity index is 1.32. The molecule has 3 aromatic rings. The average Bonchev–Trinajstić information content (AvgIpc) is 2.87. The largest absolute Gasteiger partial charge is 0.494 e. The molecule has 0 spiro atoms. The summed E-state index contributed by atoms with van der Waals surface area (Å²) in [7, 11) is 0. The molecule has 0 unspecified atom stereocenters. The Morgan fingerprint density at radius 2 is 1.69 bits per heavy atom. The summed E-state index contributed by atoms with van der Waals surface area (Å²) in [6.07, 6.45) is 9.49. The number of hydrogen-bond donors (Lipinski definition) is 2. The zero-order chi connectivity index (χ0) is 25.4. The van der Waals surface area contributed by atoms with Gasteiger partial charge in [-0.05, 0) is 60.2 Å². The predicted molar refractivity (Wildman–Crippen MR) is 145 cm³/mol. The van der Waals surface area contributed by atoms with E-state index >= 15 is 0 Å². The summed E-state index contributed by atoms with van der Waals surface area (Å²) in [6, 6.07) is 18.5. The van der Waals surface area contributed by atoms with Crippen LogP contribution in [0.1, 0.15) is 64.9 Å². The first-order valence-corrected chi connectivity index (χ1v) is 12.9. The molecule has 36 heavy (non-hydrogen) atoms. The van der Waals surface area contributed by atoms with E-state index in [-0.39, 0.29) is 11.4 Å². The van der Waals surface area contributed by atoms with Crippen molar-refractivity contribution in [1.82, 2.24) is 4.98 Å². The van der Waals surface area contributed by atoms with Crippen LogP contribution in [-0.2, 0) is 5.41 Å². The van der Waals surface area contributed by atoms with Crippen molar-refractivity contribution in [3.05, 3.63) is 72.4 Å². The van der Waals surface area contributed by atoms with E-state index in [4.69, 9.17) is 9.47 Å². The quantitative estimate of drug-likeness (QED) is 0.336. The summed E-state index contributed by atoms with van der Waals surface area (Å²) in [5.74, 6) is 2.67. The number of nitrogens with one attached hydrogen (secondary N) is 2. The number of carbonyl (C=O) groups excluding carboxylic acids is 1. The maximum atomic E-state index is 12.7. The average molecular weight is 488 g/mol. The second-order valence-corrected chi connectivity index (χ2v) is 10.4. The normalized spacial score (nSPS) is 14.2. The predicted octanol–water partition coefficient (Wildman–Crippen LogP) is 8.16. The van der Waals surface area contributed by atoms with Crippen molar-refractivity contribution in [1.29, 1.82) is 0 Å². The molecular weight excluding hydrogens is 450 g/mol. The second-order valence-electron chi connectivity index (χ2n) is 10.4. The van der Waals surface area contributed by atoms with Crippen molar-refractivity contribution in [3.63, 3.8) is 0 Å². The minimum atomic E-state index is -0.372. The number of hydrogen-bond acceptors (Lipinski definition) is 4. The van der Waals surface area contributed by atoms with Gasteiger partial charge in [-0.25, -0.2) is 9.78 Å². The Hall–Kier alpha value is -3.54. The Kier molecular flexibility index (Phi) is 8.47. The van der Waals surface area contributed by atoms with Gasteiger partial charge in [0.2, 0.25) is 5.88 Å². The summed E-state index contributed by atoms with van der Waals surface area (Å²) in [6.45, 7) is 7.13. The van der Waals surface area contributed by atoms with Crippen LogP contribution >= 0.6 is 0 Å². The highest BCUT2D eigenvalue weighted by molar-refractivity contribution is 6.00. The molecule has 6 heteroatoms. The molecule has 2 N–H and O–H groups in total. The van der Waals surface area contributed by atoms with E-state index in [2.05, 4.69) is 36.4 Å². The highest BCUT2D eigenvalue weighted by Crippen LogP contribution is 2.35. The zero-order valence-electron chi connectivity index (χ0n) is 21.5. The zero-order valence-corrected chi connectivity index (χ0v) is 21.5. The lowest BCUT2D eigenvalue weighted by atomic mass is 9.86. The van der Waals surface area contributed by atoms with Crippen molar-refractivity contribution in [2.24, 2.45) is 5.92 Å². The van der Waals surface area contributed by atoms with Crippen LogP contribution in [0.5, 0.6) is 17.4 Å². The lowest BCUT2D eigenvalue weighted by Crippen LogP contribution is -2.20. The maximum absolute atomic E-state index is 12.7.